The van der Waals surface area contributed by atoms with Gasteiger partial charge in [-0.15, -0.1) is 0 Å². The zero-order valence-corrected chi connectivity index (χ0v) is 8.16. The van der Waals surface area contributed by atoms with E-state index in [0.717, 1.165) is 6.08 Å². The second kappa shape index (κ2) is 4.63. The number of aliphatic hydroxyl groups is 1. The molecule has 0 fully saturated rings. The lowest BCUT2D eigenvalue weighted by Gasteiger charge is -2.21. The fraction of sp³-hybridized carbons (Fsp3) is 0.200. The zero-order chi connectivity index (χ0) is 12.3. The van der Waals surface area contributed by atoms with Crippen LogP contribution in [-0.2, 0) is 14.3 Å². The average molecular weight is 226 g/mol. The number of ether oxygens (including phenoxy) is 1. The van der Waals surface area contributed by atoms with Crippen molar-refractivity contribution >= 4 is 11.9 Å². The van der Waals surface area contributed by atoms with Gasteiger partial charge in [0.2, 0.25) is 0 Å². The smallest absolute Gasteiger partial charge is 0.370 e. The fourth-order valence-corrected chi connectivity index (χ4v) is 1.10. The maximum Gasteiger partial charge on any atom is 0.370 e. The van der Waals surface area contributed by atoms with Crippen molar-refractivity contribution in [1.29, 1.82) is 0 Å². The summed E-state index contributed by atoms with van der Waals surface area (Å²) in [5.74, 6) is -3.11. The zero-order valence-electron chi connectivity index (χ0n) is 8.16. The molecule has 86 valence electrons. The molecule has 1 rings (SSSR count). The van der Waals surface area contributed by atoms with E-state index in [9.17, 15) is 14.7 Å². The number of aliphatic carboxylic acids is 2. The van der Waals surface area contributed by atoms with Gasteiger partial charge < -0.3 is 20.1 Å². The van der Waals surface area contributed by atoms with Gasteiger partial charge in [-0.05, 0) is 18.7 Å². The van der Waals surface area contributed by atoms with Gasteiger partial charge >= 0.3 is 11.9 Å². The van der Waals surface area contributed by atoms with Gasteiger partial charge in [0.15, 0.2) is 5.76 Å². The number of aliphatic hydroxyl groups excluding tert-OH is 1. The van der Waals surface area contributed by atoms with E-state index in [1.807, 2.05) is 0 Å². The Balaban J connectivity index is 2.80. The molecule has 0 amide bonds. The molecule has 0 heterocycles. The Labute approximate surface area is 90.8 Å². The largest absolute Gasteiger partial charge is 0.478 e. The number of hydrogen-bond donors (Lipinski definition) is 3. The van der Waals surface area contributed by atoms with Gasteiger partial charge in [0.1, 0.15) is 12.2 Å². The van der Waals surface area contributed by atoms with Crippen LogP contribution in [0.3, 0.4) is 0 Å². The summed E-state index contributed by atoms with van der Waals surface area (Å²) in [6.45, 7) is 3.12. The molecule has 0 saturated carbocycles. The third kappa shape index (κ3) is 2.71. The van der Waals surface area contributed by atoms with E-state index in [1.165, 1.54) is 12.2 Å². The van der Waals surface area contributed by atoms with E-state index in [0.29, 0.717) is 0 Å². The highest BCUT2D eigenvalue weighted by Crippen LogP contribution is 2.16. The SMILES string of the molecule is C=C(O[C@@H]1C=C([12C](=O)O)C=C[C@H]1O)C(=O)O. The quantitative estimate of drug-likeness (QED) is 0.457. The first-order valence-corrected chi connectivity index (χ1v) is 4.32. The topological polar surface area (TPSA) is 104 Å². The molecule has 0 aromatic heterocycles. The van der Waals surface area contributed by atoms with Gasteiger partial charge in [-0.1, -0.05) is 6.08 Å². The van der Waals surface area contributed by atoms with Crippen molar-refractivity contribution in [2.75, 3.05) is 0 Å². The molecule has 0 aliphatic heterocycles. The van der Waals surface area contributed by atoms with Crippen LogP contribution in [-0.4, -0.2) is 39.5 Å². The van der Waals surface area contributed by atoms with Crippen LogP contribution in [0.4, 0.5) is 0 Å². The molecule has 2 atom stereocenters. The van der Waals surface area contributed by atoms with Gasteiger partial charge in [0, 0.05) is 0 Å². The molecule has 16 heavy (non-hydrogen) atoms. The van der Waals surface area contributed by atoms with Gasteiger partial charge in [0.05, 0.1) is 5.57 Å². The highest BCUT2D eigenvalue weighted by Gasteiger charge is 2.24. The lowest BCUT2D eigenvalue weighted by molar-refractivity contribution is -0.137. The molecule has 6 nitrogen and oxygen atoms in total. The van der Waals surface area contributed by atoms with Crippen molar-refractivity contribution in [3.8, 4) is 0 Å². The molecule has 0 bridgehead atoms. The van der Waals surface area contributed by atoms with Gasteiger partial charge in [-0.25, -0.2) is 9.59 Å². The van der Waals surface area contributed by atoms with E-state index in [-0.39, 0.29) is 5.57 Å². The van der Waals surface area contributed by atoms with Gasteiger partial charge in [-0.3, -0.25) is 0 Å². The highest BCUT2D eigenvalue weighted by atomic mass is 16.5. The molecule has 0 saturated heterocycles. The van der Waals surface area contributed by atoms with Crippen LogP contribution in [0.2, 0.25) is 0 Å². The Morgan fingerprint density at radius 3 is 2.50 bits per heavy atom. The number of rotatable bonds is 4. The van der Waals surface area contributed by atoms with Crippen LogP contribution in [0.15, 0.2) is 36.1 Å². The second-order valence-electron chi connectivity index (χ2n) is 3.09. The van der Waals surface area contributed by atoms with E-state index >= 15 is 0 Å². The lowest BCUT2D eigenvalue weighted by Crippen LogP contribution is -2.29. The van der Waals surface area contributed by atoms with Crippen LogP contribution in [0.25, 0.3) is 0 Å². The standard InChI is InChI=1S/C10H10O6/c1-5(9(12)13)16-8-4-6(10(14)15)2-3-7(8)11/h2-4,7-8,11H,1H2,(H,12,13)(H,14,15)/t7-,8-/m1/s1/i10+0. The highest BCUT2D eigenvalue weighted by molar-refractivity contribution is 5.90. The van der Waals surface area contributed by atoms with E-state index in [1.54, 1.807) is 0 Å². The third-order valence-corrected chi connectivity index (χ3v) is 1.92. The van der Waals surface area contributed by atoms with E-state index < -0.39 is 29.9 Å². The summed E-state index contributed by atoms with van der Waals surface area (Å²) >= 11 is 0. The Morgan fingerprint density at radius 2 is 2.00 bits per heavy atom. The number of carbonyl (C=O) groups is 2. The molecule has 0 spiro atoms. The number of carboxylic acid groups (broad SMARTS) is 2. The molecule has 0 radical (unpaired) electrons. The second-order valence-corrected chi connectivity index (χ2v) is 3.09. The molecule has 1 aliphatic rings. The van der Waals surface area contributed by atoms with Crippen LogP contribution in [0.1, 0.15) is 0 Å². The minimum atomic E-state index is -1.37. The first kappa shape index (κ1) is 12.0. The maximum atomic E-state index is 10.6. The first-order valence-electron chi connectivity index (χ1n) is 4.32. The van der Waals surface area contributed by atoms with Crippen molar-refractivity contribution in [2.24, 2.45) is 0 Å². The molecule has 3 N–H and O–H groups in total. The van der Waals surface area contributed by atoms with E-state index in [2.05, 4.69) is 6.58 Å². The monoisotopic (exact) mass is 226 g/mol. The molecule has 0 aromatic carbocycles. The Bertz CT molecular complexity index is 392. The molecular weight excluding hydrogens is 216 g/mol. The summed E-state index contributed by atoms with van der Waals surface area (Å²) < 4.78 is 4.81. The first-order chi connectivity index (χ1) is 7.41. The van der Waals surface area contributed by atoms with Gasteiger partial charge in [0.25, 0.3) is 0 Å². The van der Waals surface area contributed by atoms with Crippen LogP contribution >= 0.6 is 0 Å². The predicted octanol–water partition coefficient (Wildman–Crippen LogP) is -0.0884. The number of carboxylic acids is 2. The van der Waals surface area contributed by atoms with Crippen LogP contribution in [0, 0.1) is 0 Å². The van der Waals surface area contributed by atoms with Gasteiger partial charge in [-0.2, -0.15) is 0 Å². The summed E-state index contributed by atoms with van der Waals surface area (Å²) in [6, 6.07) is 0. The fourth-order valence-electron chi connectivity index (χ4n) is 1.10. The third-order valence-electron chi connectivity index (χ3n) is 1.92. The maximum absolute atomic E-state index is 10.6. The minimum Gasteiger partial charge on any atom is -0.478 e. The molecule has 6 heteroatoms. The minimum absolute atomic E-state index is 0.0755. The van der Waals surface area contributed by atoms with Crippen molar-refractivity contribution in [3.63, 3.8) is 0 Å². The lowest BCUT2D eigenvalue weighted by atomic mass is 10.0. The van der Waals surface area contributed by atoms with Crippen molar-refractivity contribution < 1.29 is 29.6 Å². The predicted molar refractivity (Wildman–Crippen MR) is 52.5 cm³/mol. The average Bonchev–Trinajstić information content (AvgIpc) is 2.20. The summed E-state index contributed by atoms with van der Waals surface area (Å²) in [5.41, 5.74) is -0.0755. The summed E-state index contributed by atoms with van der Waals surface area (Å²) in [6.07, 6.45) is 1.40. The normalized spacial score (nSPS) is 23.4. The number of hydrogen-bond acceptors (Lipinski definition) is 4. The Hall–Kier alpha value is -2.08. The van der Waals surface area contributed by atoms with Crippen molar-refractivity contribution in [3.05, 3.63) is 36.1 Å². The van der Waals surface area contributed by atoms with Crippen molar-refractivity contribution in [1.82, 2.24) is 0 Å². The Morgan fingerprint density at radius 1 is 1.38 bits per heavy atom. The van der Waals surface area contributed by atoms with Crippen LogP contribution < -0.4 is 0 Å². The molecule has 0 unspecified atom stereocenters. The summed E-state index contributed by atoms with van der Waals surface area (Å²) in [7, 11) is 0. The Kier molecular flexibility index (Phi) is 3.47. The summed E-state index contributed by atoms with van der Waals surface area (Å²) in [5, 5.41) is 26.6. The molecular formula is C10H10O6. The summed E-state index contributed by atoms with van der Waals surface area (Å²) in [4.78, 5) is 21.1. The van der Waals surface area contributed by atoms with Crippen molar-refractivity contribution in [2.45, 2.75) is 12.2 Å². The molecule has 0 aromatic rings. The molecule has 1 aliphatic carbocycles. The van der Waals surface area contributed by atoms with Crippen LogP contribution in [0.5, 0.6) is 0 Å². The van der Waals surface area contributed by atoms with E-state index in [4.69, 9.17) is 14.9 Å².